The van der Waals surface area contributed by atoms with E-state index in [0.717, 1.165) is 6.42 Å². The highest BCUT2D eigenvalue weighted by atomic mass is 79.9. The van der Waals surface area contributed by atoms with Gasteiger partial charge in [-0.05, 0) is 48.7 Å². The Morgan fingerprint density at radius 1 is 1.03 bits per heavy atom. The molecule has 0 aromatic heterocycles. The molecule has 2 aliphatic carbocycles. The number of methoxy groups -OCH3 is 2. The van der Waals surface area contributed by atoms with Crippen molar-refractivity contribution in [3.8, 4) is 11.5 Å². The largest absolute Gasteiger partial charge is 0.497 e. The molecular formula is C24H23BrN2O6. The monoisotopic (exact) mass is 514 g/mol. The molecule has 172 valence electrons. The second kappa shape index (κ2) is 8.37. The average Bonchev–Trinajstić information content (AvgIpc) is 3.44. The fourth-order valence-electron chi connectivity index (χ4n) is 5.36. The van der Waals surface area contributed by atoms with Crippen LogP contribution in [-0.4, -0.2) is 42.9 Å². The summed E-state index contributed by atoms with van der Waals surface area (Å²) < 4.78 is 16.0. The molecule has 5 rings (SSSR count). The van der Waals surface area contributed by atoms with Crippen LogP contribution in [-0.2, 0) is 14.3 Å². The van der Waals surface area contributed by atoms with Gasteiger partial charge in [-0.15, -0.1) is 0 Å². The summed E-state index contributed by atoms with van der Waals surface area (Å²) in [5.41, 5.74) is 1.51. The van der Waals surface area contributed by atoms with Gasteiger partial charge in [0.05, 0.1) is 36.6 Å². The van der Waals surface area contributed by atoms with Crippen LogP contribution < -0.4 is 20.1 Å². The zero-order valence-electron chi connectivity index (χ0n) is 18.0. The van der Waals surface area contributed by atoms with Crippen LogP contribution in [0.2, 0.25) is 0 Å². The van der Waals surface area contributed by atoms with Gasteiger partial charge in [0.1, 0.15) is 17.6 Å². The summed E-state index contributed by atoms with van der Waals surface area (Å²) in [6.45, 7) is 0. The fourth-order valence-corrected chi connectivity index (χ4v) is 6.40. The summed E-state index contributed by atoms with van der Waals surface area (Å²) in [7, 11) is 3.07. The van der Waals surface area contributed by atoms with Crippen LogP contribution in [0.3, 0.4) is 0 Å². The van der Waals surface area contributed by atoms with Gasteiger partial charge in [-0.3, -0.25) is 14.4 Å². The zero-order valence-corrected chi connectivity index (χ0v) is 19.6. The molecular weight excluding hydrogens is 492 g/mol. The smallest absolute Gasteiger partial charge is 0.310 e. The number of anilines is 2. The van der Waals surface area contributed by atoms with E-state index in [1.54, 1.807) is 49.6 Å². The lowest BCUT2D eigenvalue weighted by Crippen LogP contribution is -2.40. The second-order valence-electron chi connectivity index (χ2n) is 8.55. The summed E-state index contributed by atoms with van der Waals surface area (Å²) in [5, 5.41) is 5.72. The molecule has 33 heavy (non-hydrogen) atoms. The first-order chi connectivity index (χ1) is 15.9. The number of esters is 1. The number of hydrogen-bond acceptors (Lipinski definition) is 6. The Labute approximate surface area is 199 Å². The lowest BCUT2D eigenvalue weighted by atomic mass is 9.79. The third-order valence-corrected chi connectivity index (χ3v) is 8.10. The lowest BCUT2D eigenvalue weighted by Gasteiger charge is -2.27. The number of carbonyl (C=O) groups excluding carboxylic acids is 3. The first-order valence-electron chi connectivity index (χ1n) is 10.7. The number of fused-ring (bicyclic) bond motifs is 1. The fraction of sp³-hybridized carbons (Fsp3) is 0.375. The standard InChI is InChI=1S/C24H23BrN2O6/c1-31-13-7-8-16(17(9-13)32-2)27-22(28)11-3-5-12(6-4-11)26-23(29)18-14-10-15-19(18)24(30)33-21(15)20(14)25/h3-9,14-15,18-21H,10H2,1-2H3,(H,26,29)(H,27,28)/t14-,15-,18-,19-,20-,21+/m1/s1. The molecule has 0 radical (unpaired) electrons. The van der Waals surface area contributed by atoms with Crippen LogP contribution in [0.4, 0.5) is 11.4 Å². The van der Waals surface area contributed by atoms with Crippen LogP contribution in [0.25, 0.3) is 0 Å². The van der Waals surface area contributed by atoms with E-state index in [2.05, 4.69) is 26.6 Å². The number of ether oxygens (including phenoxy) is 3. The van der Waals surface area contributed by atoms with Crippen molar-refractivity contribution in [2.75, 3.05) is 24.9 Å². The molecule has 3 fully saturated rings. The van der Waals surface area contributed by atoms with Crippen molar-refractivity contribution in [1.29, 1.82) is 0 Å². The van der Waals surface area contributed by atoms with Crippen molar-refractivity contribution in [2.45, 2.75) is 17.4 Å². The molecule has 6 atom stereocenters. The number of carbonyl (C=O) groups is 3. The number of benzene rings is 2. The minimum atomic E-state index is -0.406. The van der Waals surface area contributed by atoms with E-state index in [4.69, 9.17) is 14.2 Å². The molecule has 2 aromatic rings. The Kier molecular flexibility index (Phi) is 5.52. The van der Waals surface area contributed by atoms with E-state index in [1.165, 1.54) is 7.11 Å². The molecule has 9 heteroatoms. The number of hydrogen-bond donors (Lipinski definition) is 2. The average molecular weight is 515 g/mol. The summed E-state index contributed by atoms with van der Waals surface area (Å²) in [5.74, 6) is -0.237. The van der Waals surface area contributed by atoms with Gasteiger partial charge in [0.15, 0.2) is 0 Å². The Morgan fingerprint density at radius 3 is 2.48 bits per heavy atom. The molecule has 2 N–H and O–H groups in total. The Balaban J connectivity index is 1.25. The van der Waals surface area contributed by atoms with Crippen molar-refractivity contribution < 1.29 is 28.6 Å². The molecule has 3 aliphatic rings. The van der Waals surface area contributed by atoms with Crippen LogP contribution in [0.1, 0.15) is 16.8 Å². The van der Waals surface area contributed by atoms with Crippen LogP contribution in [0, 0.1) is 23.7 Å². The highest BCUT2D eigenvalue weighted by Gasteiger charge is 2.67. The molecule has 1 heterocycles. The molecule has 1 aliphatic heterocycles. The topological polar surface area (TPSA) is 103 Å². The number of rotatable bonds is 6. The zero-order chi connectivity index (χ0) is 23.3. The predicted octanol–water partition coefficient (Wildman–Crippen LogP) is 3.47. The second-order valence-corrected chi connectivity index (χ2v) is 9.61. The summed E-state index contributed by atoms with van der Waals surface area (Å²) >= 11 is 3.62. The van der Waals surface area contributed by atoms with Crippen molar-refractivity contribution in [3.63, 3.8) is 0 Å². The maximum absolute atomic E-state index is 13.0. The van der Waals surface area contributed by atoms with Crippen molar-refractivity contribution in [2.24, 2.45) is 23.7 Å². The van der Waals surface area contributed by atoms with Gasteiger partial charge >= 0.3 is 5.97 Å². The first kappa shape index (κ1) is 21.8. The van der Waals surface area contributed by atoms with Gasteiger partial charge < -0.3 is 24.8 Å². The van der Waals surface area contributed by atoms with Gasteiger partial charge in [0.25, 0.3) is 5.91 Å². The van der Waals surface area contributed by atoms with E-state index in [9.17, 15) is 14.4 Å². The highest BCUT2D eigenvalue weighted by molar-refractivity contribution is 9.09. The van der Waals surface area contributed by atoms with E-state index < -0.39 is 5.92 Å². The van der Waals surface area contributed by atoms with Gasteiger partial charge in [-0.1, -0.05) is 15.9 Å². The number of nitrogens with one attached hydrogen (secondary N) is 2. The number of amides is 2. The maximum atomic E-state index is 13.0. The molecule has 2 aromatic carbocycles. The SMILES string of the molecule is COc1ccc(NC(=O)c2ccc(NC(=O)[C@@H]3[C@H]4C[C@H]5[C@H](OC(=O)[C@H]53)[C@@H]4Br)cc2)c(OC)c1. The van der Waals surface area contributed by atoms with Gasteiger partial charge in [-0.25, -0.2) is 0 Å². The van der Waals surface area contributed by atoms with E-state index in [1.807, 2.05) is 0 Å². The first-order valence-corrected chi connectivity index (χ1v) is 11.6. The Morgan fingerprint density at radius 2 is 1.79 bits per heavy atom. The van der Waals surface area contributed by atoms with Crippen LogP contribution >= 0.6 is 15.9 Å². The Bertz CT molecular complexity index is 1120. The summed E-state index contributed by atoms with van der Waals surface area (Å²) in [4.78, 5) is 38.0. The highest BCUT2D eigenvalue weighted by Crippen LogP contribution is 2.60. The van der Waals surface area contributed by atoms with Gasteiger partial charge in [0, 0.05) is 23.2 Å². The van der Waals surface area contributed by atoms with E-state index >= 15 is 0 Å². The van der Waals surface area contributed by atoms with Crippen LogP contribution in [0.15, 0.2) is 42.5 Å². The molecule has 2 bridgehead atoms. The van der Waals surface area contributed by atoms with Gasteiger partial charge in [-0.2, -0.15) is 0 Å². The third-order valence-electron chi connectivity index (χ3n) is 6.90. The minimum Gasteiger partial charge on any atom is -0.497 e. The molecule has 8 nitrogen and oxygen atoms in total. The molecule has 0 spiro atoms. The van der Waals surface area contributed by atoms with Gasteiger partial charge in [0.2, 0.25) is 5.91 Å². The quantitative estimate of drug-likeness (QED) is 0.451. The molecule has 2 saturated carbocycles. The van der Waals surface area contributed by atoms with Crippen LogP contribution in [0.5, 0.6) is 11.5 Å². The summed E-state index contributed by atoms with van der Waals surface area (Å²) in [6.07, 6.45) is 0.710. The summed E-state index contributed by atoms with van der Waals surface area (Å²) in [6, 6.07) is 11.7. The normalized spacial score (nSPS) is 28.9. The predicted molar refractivity (Wildman–Crippen MR) is 124 cm³/mol. The number of alkyl halides is 1. The molecule has 0 unspecified atom stereocenters. The van der Waals surface area contributed by atoms with E-state index in [-0.39, 0.29) is 46.5 Å². The maximum Gasteiger partial charge on any atom is 0.310 e. The molecule has 2 amide bonds. The third kappa shape index (κ3) is 3.64. The minimum absolute atomic E-state index is 0.0157. The lowest BCUT2D eigenvalue weighted by molar-refractivity contribution is -0.145. The van der Waals surface area contributed by atoms with Crippen molar-refractivity contribution in [3.05, 3.63) is 48.0 Å². The van der Waals surface area contributed by atoms with E-state index in [0.29, 0.717) is 28.4 Å². The van der Waals surface area contributed by atoms with Crippen molar-refractivity contribution in [1.82, 2.24) is 0 Å². The van der Waals surface area contributed by atoms with Crippen molar-refractivity contribution >= 4 is 45.1 Å². The molecule has 1 saturated heterocycles. The number of halogens is 1. The Hall–Kier alpha value is -3.07.